The minimum Gasteiger partial charge on any atom is -0.394 e. The minimum atomic E-state index is -1.58. The number of hydrogen-bond acceptors (Lipinski definition) is 8. The van der Waals surface area contributed by atoms with Gasteiger partial charge in [0, 0.05) is 6.42 Å². The summed E-state index contributed by atoms with van der Waals surface area (Å²) in [6.45, 7) is 3.66. The number of hydrogen-bond donors (Lipinski definition) is 6. The predicted octanol–water partition coefficient (Wildman–Crippen LogP) is 17.5. The van der Waals surface area contributed by atoms with Gasteiger partial charge in [-0.15, -0.1) is 0 Å². The van der Waals surface area contributed by atoms with Crippen LogP contribution in [-0.2, 0) is 14.3 Å². The molecule has 1 fully saturated rings. The summed E-state index contributed by atoms with van der Waals surface area (Å²) in [5.74, 6) is -0.202. The number of amides is 1. The molecule has 456 valence electrons. The number of carbonyl (C=O) groups excluding carboxylic acids is 1. The van der Waals surface area contributed by atoms with Crippen LogP contribution in [0.3, 0.4) is 0 Å². The van der Waals surface area contributed by atoms with Crippen LogP contribution in [0.5, 0.6) is 0 Å². The Labute approximate surface area is 485 Å². The van der Waals surface area contributed by atoms with Gasteiger partial charge in [0.15, 0.2) is 6.29 Å². The number of ether oxygens (including phenoxy) is 2. The molecule has 9 heteroatoms. The molecule has 1 saturated heterocycles. The van der Waals surface area contributed by atoms with Crippen molar-refractivity contribution in [3.8, 4) is 0 Å². The Bertz CT molecular complexity index is 1560. The van der Waals surface area contributed by atoms with Gasteiger partial charge in [0.2, 0.25) is 5.91 Å². The number of unbranched alkanes of at least 4 members (excludes halogenated alkanes) is 32. The van der Waals surface area contributed by atoms with Crippen molar-refractivity contribution in [2.75, 3.05) is 13.2 Å². The second-order valence-electron chi connectivity index (χ2n) is 22.5. The fourth-order valence-corrected chi connectivity index (χ4v) is 10.0. The molecule has 6 N–H and O–H groups in total. The van der Waals surface area contributed by atoms with Crippen molar-refractivity contribution in [3.63, 3.8) is 0 Å². The van der Waals surface area contributed by atoms with Gasteiger partial charge < -0.3 is 40.3 Å². The summed E-state index contributed by atoms with van der Waals surface area (Å²) in [4.78, 5) is 13.1. The second kappa shape index (κ2) is 58.3. The van der Waals surface area contributed by atoms with Crippen LogP contribution in [0.2, 0.25) is 0 Å². The summed E-state index contributed by atoms with van der Waals surface area (Å²) in [6, 6.07) is -0.839. The molecule has 7 atom stereocenters. The lowest BCUT2D eigenvalue weighted by molar-refractivity contribution is -0.302. The zero-order chi connectivity index (χ0) is 57.2. The molecular formula is C70H123NO8. The van der Waals surface area contributed by atoms with E-state index in [1.54, 1.807) is 6.08 Å². The van der Waals surface area contributed by atoms with E-state index in [2.05, 4.69) is 104 Å². The number of allylic oxidation sites excluding steroid dienone is 15. The van der Waals surface area contributed by atoms with E-state index in [0.717, 1.165) is 103 Å². The average Bonchev–Trinajstić information content (AvgIpc) is 3.47. The van der Waals surface area contributed by atoms with Gasteiger partial charge in [-0.2, -0.15) is 0 Å². The fourth-order valence-electron chi connectivity index (χ4n) is 10.0. The summed E-state index contributed by atoms with van der Waals surface area (Å²) >= 11 is 0. The van der Waals surface area contributed by atoms with Crippen LogP contribution in [0, 0.1) is 0 Å². The van der Waals surface area contributed by atoms with Crippen LogP contribution in [0.25, 0.3) is 0 Å². The van der Waals surface area contributed by atoms with Crippen LogP contribution in [0.4, 0.5) is 0 Å². The van der Waals surface area contributed by atoms with Gasteiger partial charge in [-0.3, -0.25) is 4.79 Å². The fraction of sp³-hybridized carbons (Fsp3) is 0.757. The highest BCUT2D eigenvalue weighted by molar-refractivity contribution is 5.76. The number of nitrogens with one attached hydrogen (secondary N) is 1. The Morgan fingerprint density at radius 3 is 1.22 bits per heavy atom. The molecule has 1 aliphatic heterocycles. The van der Waals surface area contributed by atoms with Crippen LogP contribution < -0.4 is 5.32 Å². The van der Waals surface area contributed by atoms with Gasteiger partial charge in [-0.25, -0.2) is 0 Å². The average molecular weight is 1110 g/mol. The third-order valence-corrected chi connectivity index (χ3v) is 15.1. The Kier molecular flexibility index (Phi) is 54.7. The van der Waals surface area contributed by atoms with E-state index in [-0.39, 0.29) is 12.5 Å². The largest absolute Gasteiger partial charge is 0.394 e. The molecule has 7 unspecified atom stereocenters. The number of rotatable bonds is 56. The highest BCUT2D eigenvalue weighted by Crippen LogP contribution is 2.23. The van der Waals surface area contributed by atoms with Crippen molar-refractivity contribution < 1.29 is 39.8 Å². The molecule has 0 saturated carbocycles. The van der Waals surface area contributed by atoms with E-state index in [4.69, 9.17) is 9.47 Å². The summed E-state index contributed by atoms with van der Waals surface area (Å²) in [5.41, 5.74) is 0. The quantitative estimate of drug-likeness (QED) is 0.0261. The molecule has 0 radical (unpaired) electrons. The summed E-state index contributed by atoms with van der Waals surface area (Å²) < 4.78 is 11.3. The van der Waals surface area contributed by atoms with E-state index in [9.17, 15) is 30.3 Å². The topological polar surface area (TPSA) is 149 Å². The Morgan fingerprint density at radius 1 is 0.443 bits per heavy atom. The monoisotopic (exact) mass is 1110 g/mol. The van der Waals surface area contributed by atoms with Gasteiger partial charge in [-0.1, -0.05) is 291 Å². The third-order valence-electron chi connectivity index (χ3n) is 15.1. The molecule has 1 rings (SSSR count). The van der Waals surface area contributed by atoms with Gasteiger partial charge in [-0.05, 0) is 83.5 Å². The first-order valence-corrected chi connectivity index (χ1v) is 33.0. The smallest absolute Gasteiger partial charge is 0.220 e. The second-order valence-corrected chi connectivity index (χ2v) is 22.5. The molecule has 79 heavy (non-hydrogen) atoms. The molecule has 0 aromatic rings. The summed E-state index contributed by atoms with van der Waals surface area (Å²) in [7, 11) is 0. The maximum atomic E-state index is 13.1. The zero-order valence-corrected chi connectivity index (χ0v) is 50.9. The van der Waals surface area contributed by atoms with E-state index in [1.807, 2.05) is 6.08 Å². The number of carbonyl (C=O) groups is 1. The molecule has 1 aliphatic rings. The molecule has 0 aromatic carbocycles. The van der Waals surface area contributed by atoms with Crippen molar-refractivity contribution in [1.29, 1.82) is 0 Å². The molecule has 0 spiro atoms. The maximum absolute atomic E-state index is 13.1. The van der Waals surface area contributed by atoms with Crippen LogP contribution in [0.1, 0.15) is 284 Å². The lowest BCUT2D eigenvalue weighted by Gasteiger charge is -2.40. The maximum Gasteiger partial charge on any atom is 0.220 e. The lowest BCUT2D eigenvalue weighted by Crippen LogP contribution is -2.60. The van der Waals surface area contributed by atoms with Crippen molar-refractivity contribution >= 4 is 5.91 Å². The van der Waals surface area contributed by atoms with E-state index < -0.39 is 49.5 Å². The number of aliphatic hydroxyl groups is 5. The Hall–Kier alpha value is -2.89. The highest BCUT2D eigenvalue weighted by atomic mass is 16.7. The minimum absolute atomic E-state index is 0.202. The van der Waals surface area contributed by atoms with E-state index >= 15 is 0 Å². The van der Waals surface area contributed by atoms with Crippen molar-refractivity contribution in [3.05, 3.63) is 97.2 Å². The van der Waals surface area contributed by atoms with Gasteiger partial charge in [0.25, 0.3) is 0 Å². The zero-order valence-electron chi connectivity index (χ0n) is 50.9. The first-order chi connectivity index (χ1) is 38.8. The van der Waals surface area contributed by atoms with Gasteiger partial charge >= 0.3 is 0 Å². The SMILES string of the molecule is CC/C=C\C/C=C\C/C=C\C/C=C\C/C=C\C/C=C\CCCCCCCCC(=O)NC(COC1OC(CO)C(O)C(O)C1O)C(O)/C=C/CC/C=C/CCCCCCCCCCCCCCCCCCCCCCCCCCC. The first kappa shape index (κ1) is 74.1. The molecule has 1 amide bonds. The summed E-state index contributed by atoms with van der Waals surface area (Å²) in [6.07, 6.45) is 77.9. The third kappa shape index (κ3) is 47.3. The van der Waals surface area contributed by atoms with Crippen molar-refractivity contribution in [2.24, 2.45) is 0 Å². The molecule has 0 aromatic heterocycles. The number of aliphatic hydroxyl groups excluding tert-OH is 5. The molecule has 0 aliphatic carbocycles. The first-order valence-electron chi connectivity index (χ1n) is 33.0. The van der Waals surface area contributed by atoms with Crippen LogP contribution >= 0.6 is 0 Å². The standard InChI is InChI=1S/C70H123NO8/c1-3-5-7-9-11-13-15-17-19-21-23-25-27-29-30-31-32-33-34-36-37-39-41-43-45-47-49-51-53-55-57-59-64(73)63(62-78-70-69(77)68(76)67(75)65(61-72)79-70)71-66(74)60-58-56-54-52-50-48-46-44-42-40-38-35-28-26-24-22-20-18-16-14-12-10-8-6-4-2/h6,8,12,14,18,20,24,26,35,38,42,44,49,51,57,59,63-65,67-70,72-73,75-77H,3-5,7,9-11,13,15-17,19,21-23,25,27-34,36-37,39-41,43,45-48,50,52-56,58,60-62H2,1-2H3,(H,71,74)/b8-6-,14-12-,20-18-,26-24-,38-35-,44-42-,51-49+,59-57+. The van der Waals surface area contributed by atoms with Gasteiger partial charge in [0.05, 0.1) is 25.4 Å². The van der Waals surface area contributed by atoms with E-state index in [1.165, 1.54) is 161 Å². The van der Waals surface area contributed by atoms with Crippen LogP contribution in [0.15, 0.2) is 97.2 Å². The molecule has 0 bridgehead atoms. The van der Waals surface area contributed by atoms with Gasteiger partial charge in [0.1, 0.15) is 24.4 Å². The predicted molar refractivity (Wildman–Crippen MR) is 336 cm³/mol. The Morgan fingerprint density at radius 2 is 0.797 bits per heavy atom. The normalized spacial score (nSPS) is 19.2. The molecule has 1 heterocycles. The molecule has 9 nitrogen and oxygen atoms in total. The highest BCUT2D eigenvalue weighted by Gasteiger charge is 2.44. The Balaban J connectivity index is 2.21. The van der Waals surface area contributed by atoms with Crippen molar-refractivity contribution in [2.45, 2.75) is 326 Å². The lowest BCUT2D eigenvalue weighted by atomic mass is 9.99. The van der Waals surface area contributed by atoms with Crippen molar-refractivity contribution in [1.82, 2.24) is 5.32 Å². The summed E-state index contributed by atoms with van der Waals surface area (Å²) in [5, 5.41) is 54.7. The van der Waals surface area contributed by atoms with Crippen LogP contribution in [-0.4, -0.2) is 87.5 Å². The van der Waals surface area contributed by atoms with E-state index in [0.29, 0.717) is 6.42 Å². The molecular weight excluding hydrogens is 983 g/mol.